The summed E-state index contributed by atoms with van der Waals surface area (Å²) >= 11 is 3.50. The number of para-hydroxylation sites is 1. The van der Waals surface area contributed by atoms with Gasteiger partial charge in [0.1, 0.15) is 6.29 Å². The number of hydrogen-bond donors (Lipinski definition) is 1. The molecule has 1 fully saturated rings. The molecule has 76 valence electrons. The molecular formula is C12H10BrNO. The van der Waals surface area contributed by atoms with Gasteiger partial charge in [-0.3, -0.25) is 0 Å². The van der Waals surface area contributed by atoms with Crippen molar-refractivity contribution in [3.05, 3.63) is 34.4 Å². The second kappa shape index (κ2) is 2.95. The third kappa shape index (κ3) is 1.19. The van der Waals surface area contributed by atoms with Gasteiger partial charge in [-0.25, -0.2) is 0 Å². The molecule has 0 aliphatic heterocycles. The lowest BCUT2D eigenvalue weighted by Gasteiger charge is -2.04. The van der Waals surface area contributed by atoms with E-state index in [1.165, 1.54) is 0 Å². The summed E-state index contributed by atoms with van der Waals surface area (Å²) in [6.07, 6.45) is 5.03. The van der Waals surface area contributed by atoms with Crippen LogP contribution in [-0.4, -0.2) is 11.3 Å². The zero-order chi connectivity index (χ0) is 10.5. The molecule has 0 atom stereocenters. The van der Waals surface area contributed by atoms with Gasteiger partial charge in [0.05, 0.1) is 10.9 Å². The van der Waals surface area contributed by atoms with Crippen molar-refractivity contribution in [3.63, 3.8) is 0 Å². The fourth-order valence-corrected chi connectivity index (χ4v) is 2.60. The van der Waals surface area contributed by atoms with Crippen molar-refractivity contribution in [1.29, 1.82) is 0 Å². The van der Waals surface area contributed by atoms with Crippen LogP contribution in [0.4, 0.5) is 0 Å². The summed E-state index contributed by atoms with van der Waals surface area (Å²) < 4.78 is 1.05. The van der Waals surface area contributed by atoms with Crippen LogP contribution in [0.25, 0.3) is 10.9 Å². The normalized spacial score (nSPS) is 17.9. The molecule has 0 radical (unpaired) electrons. The van der Waals surface area contributed by atoms with Gasteiger partial charge < -0.3 is 9.78 Å². The monoisotopic (exact) mass is 263 g/mol. The third-order valence-corrected chi connectivity index (χ3v) is 3.88. The van der Waals surface area contributed by atoms with Crippen LogP contribution in [0.1, 0.15) is 18.4 Å². The number of nitrogens with one attached hydrogen (secondary N) is 1. The minimum absolute atomic E-state index is 0.195. The van der Waals surface area contributed by atoms with Crippen molar-refractivity contribution in [2.24, 2.45) is 0 Å². The summed E-state index contributed by atoms with van der Waals surface area (Å²) in [5.41, 5.74) is 2.04. The smallest absolute Gasteiger partial charge is 0.130 e. The molecule has 3 rings (SSSR count). The molecule has 1 aromatic heterocycles. The minimum Gasteiger partial charge on any atom is -0.360 e. The highest BCUT2D eigenvalue weighted by Crippen LogP contribution is 2.49. The van der Waals surface area contributed by atoms with E-state index < -0.39 is 0 Å². The standard InChI is InChI=1S/C12H10BrNO/c13-10-3-1-2-8-9(6-14-11(8)10)12(7-15)4-5-12/h1-3,6-7,14H,4-5H2. The van der Waals surface area contributed by atoms with E-state index in [-0.39, 0.29) is 5.41 Å². The molecule has 0 spiro atoms. The van der Waals surface area contributed by atoms with Gasteiger partial charge in [0.2, 0.25) is 0 Å². The molecule has 0 unspecified atom stereocenters. The molecule has 1 saturated carbocycles. The molecule has 1 aliphatic rings. The maximum Gasteiger partial charge on any atom is 0.130 e. The van der Waals surface area contributed by atoms with Crippen LogP contribution in [0.5, 0.6) is 0 Å². The van der Waals surface area contributed by atoms with Crippen molar-refractivity contribution in [1.82, 2.24) is 4.98 Å². The van der Waals surface area contributed by atoms with Crippen LogP contribution in [0.3, 0.4) is 0 Å². The number of aldehydes is 1. The van der Waals surface area contributed by atoms with Crippen molar-refractivity contribution in [3.8, 4) is 0 Å². The van der Waals surface area contributed by atoms with Gasteiger partial charge in [0, 0.05) is 16.1 Å². The van der Waals surface area contributed by atoms with Crippen molar-refractivity contribution in [2.75, 3.05) is 0 Å². The first-order chi connectivity index (χ1) is 7.27. The second-order valence-corrected chi connectivity index (χ2v) is 4.99. The lowest BCUT2D eigenvalue weighted by molar-refractivity contribution is -0.109. The van der Waals surface area contributed by atoms with Gasteiger partial charge in [-0.15, -0.1) is 0 Å². The second-order valence-electron chi connectivity index (χ2n) is 4.14. The van der Waals surface area contributed by atoms with E-state index in [1.54, 1.807) is 0 Å². The molecule has 0 saturated heterocycles. The highest BCUT2D eigenvalue weighted by atomic mass is 79.9. The number of hydrogen-bond acceptors (Lipinski definition) is 1. The quantitative estimate of drug-likeness (QED) is 0.830. The Morgan fingerprint density at radius 1 is 1.40 bits per heavy atom. The predicted molar refractivity (Wildman–Crippen MR) is 63.0 cm³/mol. The average Bonchev–Trinajstić information content (AvgIpc) is 2.92. The molecule has 2 aromatic rings. The van der Waals surface area contributed by atoms with E-state index in [9.17, 15) is 4.79 Å². The van der Waals surface area contributed by atoms with Crippen LogP contribution in [-0.2, 0) is 10.2 Å². The first-order valence-corrected chi connectivity index (χ1v) is 5.78. The number of aromatic nitrogens is 1. The predicted octanol–water partition coefficient (Wildman–Crippen LogP) is 3.16. The third-order valence-electron chi connectivity index (χ3n) is 3.22. The Balaban J connectivity index is 2.29. The van der Waals surface area contributed by atoms with Gasteiger partial charge in [0.25, 0.3) is 0 Å². The largest absolute Gasteiger partial charge is 0.360 e. The molecule has 3 heteroatoms. The zero-order valence-electron chi connectivity index (χ0n) is 8.09. The molecule has 1 aliphatic carbocycles. The van der Waals surface area contributed by atoms with Crippen LogP contribution in [0, 0.1) is 0 Å². The molecule has 0 bridgehead atoms. The number of carbonyl (C=O) groups is 1. The van der Waals surface area contributed by atoms with Crippen LogP contribution in [0.15, 0.2) is 28.9 Å². The van der Waals surface area contributed by atoms with Gasteiger partial charge in [0.15, 0.2) is 0 Å². The number of benzene rings is 1. The highest BCUT2D eigenvalue weighted by Gasteiger charge is 2.45. The Bertz CT molecular complexity index is 540. The van der Waals surface area contributed by atoms with E-state index in [4.69, 9.17) is 0 Å². The fourth-order valence-electron chi connectivity index (χ4n) is 2.11. The molecular weight excluding hydrogens is 254 g/mol. The van der Waals surface area contributed by atoms with Gasteiger partial charge >= 0.3 is 0 Å². The molecule has 2 nitrogen and oxygen atoms in total. The van der Waals surface area contributed by atoms with E-state index >= 15 is 0 Å². The topological polar surface area (TPSA) is 32.9 Å². The summed E-state index contributed by atoms with van der Waals surface area (Å²) in [4.78, 5) is 14.3. The van der Waals surface area contributed by atoms with Crippen molar-refractivity contribution in [2.45, 2.75) is 18.3 Å². The van der Waals surface area contributed by atoms with Crippen LogP contribution < -0.4 is 0 Å². The number of rotatable bonds is 2. The number of carbonyl (C=O) groups excluding carboxylic acids is 1. The van der Waals surface area contributed by atoms with Crippen LogP contribution in [0.2, 0.25) is 0 Å². The van der Waals surface area contributed by atoms with Crippen LogP contribution >= 0.6 is 15.9 Å². The molecule has 0 amide bonds. The zero-order valence-corrected chi connectivity index (χ0v) is 9.67. The Hall–Kier alpha value is -1.09. The first kappa shape index (κ1) is 9.16. The lowest BCUT2D eigenvalue weighted by Crippen LogP contribution is -2.06. The Morgan fingerprint density at radius 3 is 2.87 bits per heavy atom. The summed E-state index contributed by atoms with van der Waals surface area (Å²) in [5.74, 6) is 0. The molecule has 1 aromatic carbocycles. The Morgan fingerprint density at radius 2 is 2.20 bits per heavy atom. The maximum atomic E-state index is 11.1. The first-order valence-electron chi connectivity index (χ1n) is 4.99. The van der Waals surface area contributed by atoms with Gasteiger partial charge in [-0.1, -0.05) is 12.1 Å². The molecule has 1 N–H and O–H groups in total. The fraction of sp³-hybridized carbons (Fsp3) is 0.250. The van der Waals surface area contributed by atoms with Gasteiger partial charge in [-0.2, -0.15) is 0 Å². The van der Waals surface area contributed by atoms with E-state index in [0.717, 1.165) is 40.1 Å². The van der Waals surface area contributed by atoms with Gasteiger partial charge in [-0.05, 0) is 40.4 Å². The Labute approximate surface area is 95.8 Å². The number of fused-ring (bicyclic) bond motifs is 1. The average molecular weight is 264 g/mol. The summed E-state index contributed by atoms with van der Waals surface area (Å²) in [6, 6.07) is 6.07. The van der Waals surface area contributed by atoms with Crippen molar-refractivity contribution < 1.29 is 4.79 Å². The number of aromatic amines is 1. The number of H-pyrrole nitrogens is 1. The van der Waals surface area contributed by atoms with E-state index in [1.807, 2.05) is 18.3 Å². The highest BCUT2D eigenvalue weighted by molar-refractivity contribution is 9.10. The van der Waals surface area contributed by atoms with E-state index in [0.29, 0.717) is 0 Å². The summed E-state index contributed by atoms with van der Waals surface area (Å²) in [7, 11) is 0. The SMILES string of the molecule is O=CC1(c2c[nH]c3c(Br)cccc23)CC1. The molecule has 1 heterocycles. The Kier molecular flexibility index (Phi) is 1.80. The maximum absolute atomic E-state index is 11.1. The lowest BCUT2D eigenvalue weighted by atomic mass is 9.97. The summed E-state index contributed by atoms with van der Waals surface area (Å²) in [5, 5.41) is 1.16. The summed E-state index contributed by atoms with van der Waals surface area (Å²) in [6.45, 7) is 0. The van der Waals surface area contributed by atoms with Crippen molar-refractivity contribution >= 4 is 33.1 Å². The van der Waals surface area contributed by atoms with E-state index in [2.05, 4.69) is 27.0 Å². The minimum atomic E-state index is -0.195. The molecule has 15 heavy (non-hydrogen) atoms. The number of halogens is 1.